The van der Waals surface area contributed by atoms with Crippen LogP contribution in [0.25, 0.3) is 0 Å². The molecule has 0 bridgehead atoms. The van der Waals surface area contributed by atoms with E-state index in [0.717, 1.165) is 13.1 Å². The summed E-state index contributed by atoms with van der Waals surface area (Å²) in [7, 11) is 2.19. The summed E-state index contributed by atoms with van der Waals surface area (Å²) in [5.41, 5.74) is 0.206. The Morgan fingerprint density at radius 3 is 2.62 bits per heavy atom. The molecule has 0 aliphatic rings. The second-order valence-electron chi connectivity index (χ2n) is 5.47. The number of likely N-dealkylation sites (N-methyl/N-ethyl adjacent to an activating group) is 1. The highest BCUT2D eigenvalue weighted by atomic mass is 32.1. The zero-order valence-electron chi connectivity index (χ0n) is 11.1. The average molecular weight is 240 g/mol. The number of rotatable bonds is 5. The summed E-state index contributed by atoms with van der Waals surface area (Å²) >= 11 is 1.83. The number of nitrogens with one attached hydrogen (secondary N) is 1. The monoisotopic (exact) mass is 240 g/mol. The van der Waals surface area contributed by atoms with E-state index >= 15 is 0 Å². The van der Waals surface area contributed by atoms with Gasteiger partial charge in [-0.25, -0.2) is 0 Å². The second kappa shape index (κ2) is 5.80. The van der Waals surface area contributed by atoms with E-state index in [0.29, 0.717) is 6.04 Å². The maximum atomic E-state index is 3.54. The fraction of sp³-hybridized carbons (Fsp3) is 0.692. The van der Waals surface area contributed by atoms with Crippen LogP contribution < -0.4 is 5.32 Å². The number of hydrogen-bond donors (Lipinski definition) is 1. The normalized spacial score (nSPS) is 14.4. The van der Waals surface area contributed by atoms with Crippen molar-refractivity contribution < 1.29 is 0 Å². The Hall–Kier alpha value is -0.380. The third-order valence-electron chi connectivity index (χ3n) is 2.67. The second-order valence-corrected chi connectivity index (χ2v) is 6.51. The number of thiophene rings is 1. The molecule has 1 unspecified atom stereocenters. The van der Waals surface area contributed by atoms with Gasteiger partial charge in [-0.3, -0.25) is 4.90 Å². The van der Waals surface area contributed by atoms with E-state index in [-0.39, 0.29) is 5.54 Å². The third-order valence-corrected chi connectivity index (χ3v) is 3.53. The maximum absolute atomic E-state index is 3.54. The standard InChI is InChI=1S/C13H24N2S/c1-11(9-14-13(2,3)4)15(5)10-12-7-6-8-16-12/h6-8,11,14H,9-10H2,1-5H3. The predicted molar refractivity (Wildman–Crippen MR) is 73.0 cm³/mol. The zero-order chi connectivity index (χ0) is 12.2. The van der Waals surface area contributed by atoms with Gasteiger partial charge in [0, 0.05) is 29.5 Å². The summed E-state index contributed by atoms with van der Waals surface area (Å²) in [6, 6.07) is 4.87. The van der Waals surface area contributed by atoms with Gasteiger partial charge >= 0.3 is 0 Å². The molecule has 1 aromatic rings. The summed E-state index contributed by atoms with van der Waals surface area (Å²) in [6.45, 7) is 11.0. The van der Waals surface area contributed by atoms with Crippen molar-refractivity contribution in [2.24, 2.45) is 0 Å². The van der Waals surface area contributed by atoms with Crippen LogP contribution in [0, 0.1) is 0 Å². The molecule has 0 aliphatic heterocycles. The van der Waals surface area contributed by atoms with E-state index < -0.39 is 0 Å². The molecule has 1 heterocycles. The molecule has 0 spiro atoms. The first-order chi connectivity index (χ1) is 7.38. The lowest BCUT2D eigenvalue weighted by atomic mass is 10.1. The van der Waals surface area contributed by atoms with Crippen LogP contribution in [0.5, 0.6) is 0 Å². The highest BCUT2D eigenvalue weighted by molar-refractivity contribution is 7.09. The predicted octanol–water partition coefficient (Wildman–Crippen LogP) is 2.96. The van der Waals surface area contributed by atoms with E-state index in [4.69, 9.17) is 0 Å². The third kappa shape index (κ3) is 5.10. The minimum Gasteiger partial charge on any atom is -0.311 e. The average Bonchev–Trinajstić information content (AvgIpc) is 2.65. The molecule has 0 saturated carbocycles. The van der Waals surface area contributed by atoms with E-state index in [2.05, 4.69) is 62.5 Å². The van der Waals surface area contributed by atoms with Crippen LogP contribution in [0.4, 0.5) is 0 Å². The van der Waals surface area contributed by atoms with Crippen LogP contribution in [-0.2, 0) is 6.54 Å². The van der Waals surface area contributed by atoms with Crippen molar-refractivity contribution in [1.29, 1.82) is 0 Å². The van der Waals surface area contributed by atoms with Gasteiger partial charge in [-0.2, -0.15) is 0 Å². The Morgan fingerprint density at radius 2 is 2.12 bits per heavy atom. The van der Waals surface area contributed by atoms with Gasteiger partial charge in [0.1, 0.15) is 0 Å². The summed E-state index contributed by atoms with van der Waals surface area (Å²) in [5, 5.41) is 5.68. The fourth-order valence-corrected chi connectivity index (χ4v) is 2.18. The smallest absolute Gasteiger partial charge is 0.0328 e. The molecule has 0 radical (unpaired) electrons. The SMILES string of the molecule is CC(CNC(C)(C)C)N(C)Cc1cccs1. The lowest BCUT2D eigenvalue weighted by Crippen LogP contribution is -2.44. The van der Waals surface area contributed by atoms with Crippen LogP contribution in [0.3, 0.4) is 0 Å². The largest absolute Gasteiger partial charge is 0.311 e. The molecular formula is C13H24N2S. The fourth-order valence-electron chi connectivity index (χ4n) is 1.41. The van der Waals surface area contributed by atoms with Crippen molar-refractivity contribution in [1.82, 2.24) is 10.2 Å². The minimum atomic E-state index is 0.206. The molecule has 1 aromatic heterocycles. The Balaban J connectivity index is 2.33. The van der Waals surface area contributed by atoms with E-state index in [1.165, 1.54) is 4.88 Å². The van der Waals surface area contributed by atoms with Crippen molar-refractivity contribution in [3.8, 4) is 0 Å². The van der Waals surface area contributed by atoms with Crippen LogP contribution in [0.2, 0.25) is 0 Å². The highest BCUT2D eigenvalue weighted by Gasteiger charge is 2.14. The molecule has 0 aromatic carbocycles. The molecule has 1 atom stereocenters. The van der Waals surface area contributed by atoms with Gasteiger partial charge in [0.15, 0.2) is 0 Å². The molecule has 1 N–H and O–H groups in total. The van der Waals surface area contributed by atoms with E-state index in [9.17, 15) is 0 Å². The Kier molecular flexibility index (Phi) is 4.96. The highest BCUT2D eigenvalue weighted by Crippen LogP contribution is 2.12. The van der Waals surface area contributed by atoms with Gasteiger partial charge < -0.3 is 5.32 Å². The summed E-state index contributed by atoms with van der Waals surface area (Å²) in [6.07, 6.45) is 0. The van der Waals surface area contributed by atoms with Crippen LogP contribution >= 0.6 is 11.3 Å². The topological polar surface area (TPSA) is 15.3 Å². The number of hydrogen-bond acceptors (Lipinski definition) is 3. The molecule has 0 fully saturated rings. The molecule has 3 heteroatoms. The van der Waals surface area contributed by atoms with Gasteiger partial charge in [-0.15, -0.1) is 11.3 Å². The van der Waals surface area contributed by atoms with Gasteiger partial charge in [-0.1, -0.05) is 6.07 Å². The lowest BCUT2D eigenvalue weighted by Gasteiger charge is -2.28. The molecule has 1 rings (SSSR count). The molecule has 2 nitrogen and oxygen atoms in total. The van der Waals surface area contributed by atoms with Crippen LogP contribution in [0.1, 0.15) is 32.6 Å². The van der Waals surface area contributed by atoms with Gasteiger partial charge in [-0.05, 0) is 46.2 Å². The number of nitrogens with zero attached hydrogens (tertiary/aromatic N) is 1. The molecule has 0 saturated heterocycles. The van der Waals surface area contributed by atoms with Crippen molar-refractivity contribution in [2.45, 2.75) is 45.8 Å². The molecule has 16 heavy (non-hydrogen) atoms. The molecule has 0 amide bonds. The lowest BCUT2D eigenvalue weighted by molar-refractivity contribution is 0.230. The molecule has 92 valence electrons. The molecule has 0 aliphatic carbocycles. The van der Waals surface area contributed by atoms with Crippen molar-refractivity contribution in [3.05, 3.63) is 22.4 Å². The first-order valence-corrected chi connectivity index (χ1v) is 6.74. The van der Waals surface area contributed by atoms with Crippen LogP contribution in [0.15, 0.2) is 17.5 Å². The quantitative estimate of drug-likeness (QED) is 0.851. The van der Waals surface area contributed by atoms with Crippen molar-refractivity contribution >= 4 is 11.3 Å². The summed E-state index contributed by atoms with van der Waals surface area (Å²) in [5.74, 6) is 0. The summed E-state index contributed by atoms with van der Waals surface area (Å²) in [4.78, 5) is 3.83. The van der Waals surface area contributed by atoms with Gasteiger partial charge in [0.2, 0.25) is 0 Å². The summed E-state index contributed by atoms with van der Waals surface area (Å²) < 4.78 is 0. The van der Waals surface area contributed by atoms with Gasteiger partial charge in [0.05, 0.1) is 0 Å². The Bertz CT molecular complexity index is 287. The molecular weight excluding hydrogens is 216 g/mol. The van der Waals surface area contributed by atoms with Crippen molar-refractivity contribution in [3.63, 3.8) is 0 Å². The minimum absolute atomic E-state index is 0.206. The van der Waals surface area contributed by atoms with E-state index in [1.54, 1.807) is 0 Å². The van der Waals surface area contributed by atoms with Crippen LogP contribution in [-0.4, -0.2) is 30.1 Å². The maximum Gasteiger partial charge on any atom is 0.0328 e. The first kappa shape index (κ1) is 13.7. The van der Waals surface area contributed by atoms with Crippen molar-refractivity contribution in [2.75, 3.05) is 13.6 Å². The van der Waals surface area contributed by atoms with Gasteiger partial charge in [0.25, 0.3) is 0 Å². The zero-order valence-corrected chi connectivity index (χ0v) is 11.9. The van der Waals surface area contributed by atoms with E-state index in [1.807, 2.05) is 11.3 Å². The Morgan fingerprint density at radius 1 is 1.44 bits per heavy atom. The first-order valence-electron chi connectivity index (χ1n) is 5.86. The Labute approximate surface area is 104 Å².